The van der Waals surface area contributed by atoms with Crippen LogP contribution in [0.3, 0.4) is 0 Å². The fourth-order valence-electron chi connectivity index (χ4n) is 4.04. The number of carbonyl (C=O) groups excluding carboxylic acids is 2. The molecule has 1 aliphatic heterocycles. The van der Waals surface area contributed by atoms with E-state index in [-0.39, 0.29) is 17.9 Å². The van der Waals surface area contributed by atoms with Gasteiger partial charge in [-0.15, -0.1) is 0 Å². The van der Waals surface area contributed by atoms with Crippen molar-refractivity contribution in [3.05, 3.63) is 78.1 Å². The summed E-state index contributed by atoms with van der Waals surface area (Å²) in [5, 5.41) is 7.51. The maximum Gasteiger partial charge on any atom is 0.253 e. The molecule has 0 aliphatic carbocycles. The minimum Gasteiger partial charge on any atom is -0.494 e. The van der Waals surface area contributed by atoms with Crippen molar-refractivity contribution in [2.45, 2.75) is 38.6 Å². The van der Waals surface area contributed by atoms with Crippen molar-refractivity contribution in [3.8, 4) is 11.4 Å². The highest BCUT2D eigenvalue weighted by Gasteiger charge is 2.24. The zero-order valence-corrected chi connectivity index (χ0v) is 18.9. The minimum atomic E-state index is 0.0262. The molecule has 33 heavy (non-hydrogen) atoms. The summed E-state index contributed by atoms with van der Waals surface area (Å²) in [6, 6.07) is 17.3. The third kappa shape index (κ3) is 6.00. The van der Waals surface area contributed by atoms with Crippen LogP contribution in [0.25, 0.3) is 5.69 Å². The number of para-hydroxylation sites is 1. The van der Waals surface area contributed by atoms with Crippen molar-refractivity contribution in [2.24, 2.45) is 0 Å². The third-order valence-corrected chi connectivity index (χ3v) is 5.86. The monoisotopic (exact) mass is 446 g/mol. The second-order valence-electron chi connectivity index (χ2n) is 8.22. The lowest BCUT2D eigenvalue weighted by atomic mass is 10.0. The topological polar surface area (TPSA) is 76.5 Å². The average Bonchev–Trinajstić information content (AvgIpc) is 3.33. The number of hydrogen-bond acceptors (Lipinski definition) is 4. The van der Waals surface area contributed by atoms with Crippen molar-refractivity contribution >= 4 is 11.8 Å². The van der Waals surface area contributed by atoms with Crippen LogP contribution in [0, 0.1) is 0 Å². The number of aromatic nitrogens is 2. The lowest BCUT2D eigenvalue weighted by molar-refractivity contribution is -0.122. The van der Waals surface area contributed by atoms with Gasteiger partial charge in [0.25, 0.3) is 5.91 Å². The third-order valence-electron chi connectivity index (χ3n) is 5.86. The van der Waals surface area contributed by atoms with Gasteiger partial charge in [0.2, 0.25) is 5.91 Å². The van der Waals surface area contributed by atoms with Crippen LogP contribution >= 0.6 is 0 Å². The van der Waals surface area contributed by atoms with Crippen LogP contribution < -0.4 is 10.1 Å². The van der Waals surface area contributed by atoms with Gasteiger partial charge in [0.15, 0.2) is 0 Å². The first kappa shape index (κ1) is 22.6. The molecule has 0 radical (unpaired) electrons. The first-order valence-electron chi connectivity index (χ1n) is 11.5. The van der Waals surface area contributed by atoms with E-state index in [4.69, 9.17) is 4.74 Å². The van der Waals surface area contributed by atoms with Gasteiger partial charge in [-0.1, -0.05) is 18.2 Å². The predicted octanol–water partition coefficient (Wildman–Crippen LogP) is 3.62. The highest BCUT2D eigenvalue weighted by Crippen LogP contribution is 2.17. The van der Waals surface area contributed by atoms with Crippen LogP contribution in [0.4, 0.5) is 0 Å². The van der Waals surface area contributed by atoms with Gasteiger partial charge in [0, 0.05) is 37.3 Å². The van der Waals surface area contributed by atoms with E-state index >= 15 is 0 Å². The normalized spacial score (nSPS) is 14.2. The molecule has 2 amide bonds. The Bertz CT molecular complexity index is 1050. The van der Waals surface area contributed by atoms with Crippen LogP contribution in [0.15, 0.2) is 67.0 Å². The molecule has 3 aromatic rings. The molecular formula is C26H30N4O3. The number of nitrogens with zero attached hydrogens (tertiary/aromatic N) is 3. The highest BCUT2D eigenvalue weighted by molar-refractivity contribution is 5.94. The Kier molecular flexibility index (Phi) is 7.40. The largest absolute Gasteiger partial charge is 0.494 e. The SMILES string of the molecule is CCOc1ccc(C(=O)N2CCC(NC(=O)CCc3cnn(-c4ccccc4)c3)CC2)cc1. The zero-order valence-electron chi connectivity index (χ0n) is 18.9. The van der Waals surface area contributed by atoms with Crippen LogP contribution in [0.1, 0.15) is 42.1 Å². The van der Waals surface area contributed by atoms with Gasteiger partial charge < -0.3 is 15.0 Å². The number of benzene rings is 2. The van der Waals surface area contributed by atoms with Crippen LogP contribution in [0.2, 0.25) is 0 Å². The van der Waals surface area contributed by atoms with Gasteiger partial charge in [-0.25, -0.2) is 4.68 Å². The van der Waals surface area contributed by atoms with E-state index in [1.807, 2.05) is 71.4 Å². The molecule has 1 aliphatic rings. The number of amides is 2. The van der Waals surface area contributed by atoms with Crippen molar-refractivity contribution < 1.29 is 14.3 Å². The van der Waals surface area contributed by atoms with Gasteiger partial charge in [0.05, 0.1) is 18.5 Å². The molecule has 0 spiro atoms. The molecule has 4 rings (SSSR count). The standard InChI is InChI=1S/C26H30N4O3/c1-2-33-24-11-9-21(10-12-24)26(32)29-16-14-22(15-17-29)28-25(31)13-8-20-18-27-30(19-20)23-6-4-3-5-7-23/h3-7,9-12,18-19,22H,2,8,13-17H2,1H3,(H,28,31). The molecule has 2 aromatic carbocycles. The maximum absolute atomic E-state index is 12.8. The molecule has 0 unspecified atom stereocenters. The molecule has 1 aromatic heterocycles. The molecule has 0 atom stereocenters. The Morgan fingerprint density at radius 3 is 2.48 bits per heavy atom. The van der Waals surface area contributed by atoms with E-state index in [1.165, 1.54) is 0 Å². The molecule has 1 fully saturated rings. The molecular weight excluding hydrogens is 416 g/mol. The van der Waals surface area contributed by atoms with Crippen molar-refractivity contribution in [3.63, 3.8) is 0 Å². The Balaban J connectivity index is 1.20. The van der Waals surface area contributed by atoms with Gasteiger partial charge in [-0.2, -0.15) is 5.10 Å². The molecule has 172 valence electrons. The first-order chi connectivity index (χ1) is 16.1. The number of likely N-dealkylation sites (tertiary alicyclic amines) is 1. The second kappa shape index (κ2) is 10.8. The molecule has 1 saturated heterocycles. The molecule has 7 nitrogen and oxygen atoms in total. The van der Waals surface area contributed by atoms with E-state index < -0.39 is 0 Å². The number of hydrogen-bond donors (Lipinski definition) is 1. The summed E-state index contributed by atoms with van der Waals surface area (Å²) in [6.45, 7) is 3.81. The van der Waals surface area contributed by atoms with E-state index in [0.717, 1.165) is 29.8 Å². The number of nitrogens with one attached hydrogen (secondary N) is 1. The molecule has 7 heteroatoms. The van der Waals surface area contributed by atoms with Crippen molar-refractivity contribution in [1.82, 2.24) is 20.0 Å². The van der Waals surface area contributed by atoms with Crippen molar-refractivity contribution in [2.75, 3.05) is 19.7 Å². The van der Waals surface area contributed by atoms with E-state index in [9.17, 15) is 9.59 Å². The highest BCUT2D eigenvalue weighted by atomic mass is 16.5. The smallest absolute Gasteiger partial charge is 0.253 e. The molecule has 0 bridgehead atoms. The molecule has 1 N–H and O–H groups in total. The van der Waals surface area contributed by atoms with Gasteiger partial charge in [-0.3, -0.25) is 9.59 Å². The molecule has 2 heterocycles. The van der Waals surface area contributed by atoms with Gasteiger partial charge >= 0.3 is 0 Å². The van der Waals surface area contributed by atoms with Gasteiger partial charge in [-0.05, 0) is 68.1 Å². The Labute approximate surface area is 194 Å². The summed E-state index contributed by atoms with van der Waals surface area (Å²) in [7, 11) is 0. The first-order valence-corrected chi connectivity index (χ1v) is 11.5. The van der Waals surface area contributed by atoms with Gasteiger partial charge in [0.1, 0.15) is 5.75 Å². The number of piperidine rings is 1. The second-order valence-corrected chi connectivity index (χ2v) is 8.22. The fourth-order valence-corrected chi connectivity index (χ4v) is 4.04. The Morgan fingerprint density at radius 1 is 1.06 bits per heavy atom. The lowest BCUT2D eigenvalue weighted by Crippen LogP contribution is -2.46. The summed E-state index contributed by atoms with van der Waals surface area (Å²) in [4.78, 5) is 27.1. The summed E-state index contributed by atoms with van der Waals surface area (Å²) in [5.41, 5.74) is 2.70. The number of rotatable bonds is 8. The molecule has 0 saturated carbocycles. The van der Waals surface area contributed by atoms with Crippen LogP contribution in [0.5, 0.6) is 5.75 Å². The minimum absolute atomic E-state index is 0.0262. The summed E-state index contributed by atoms with van der Waals surface area (Å²) in [6.07, 6.45) is 6.37. The van der Waals surface area contributed by atoms with Crippen LogP contribution in [-0.2, 0) is 11.2 Å². The number of aryl methyl sites for hydroxylation is 1. The summed E-state index contributed by atoms with van der Waals surface area (Å²) < 4.78 is 7.26. The van der Waals surface area contributed by atoms with E-state index in [1.54, 1.807) is 12.1 Å². The lowest BCUT2D eigenvalue weighted by Gasteiger charge is -2.32. The van der Waals surface area contributed by atoms with Crippen LogP contribution in [-0.4, -0.2) is 52.2 Å². The number of ether oxygens (including phenoxy) is 1. The quantitative estimate of drug-likeness (QED) is 0.573. The fraction of sp³-hybridized carbons (Fsp3) is 0.346. The Hall–Kier alpha value is -3.61. The summed E-state index contributed by atoms with van der Waals surface area (Å²) >= 11 is 0. The van der Waals surface area contributed by atoms with E-state index in [2.05, 4.69) is 10.4 Å². The predicted molar refractivity (Wildman–Crippen MR) is 127 cm³/mol. The summed E-state index contributed by atoms with van der Waals surface area (Å²) in [5.74, 6) is 0.833. The number of carbonyl (C=O) groups is 2. The van der Waals surface area contributed by atoms with Crippen molar-refractivity contribution in [1.29, 1.82) is 0 Å². The zero-order chi connectivity index (χ0) is 23.0. The Morgan fingerprint density at radius 2 is 1.79 bits per heavy atom. The van der Waals surface area contributed by atoms with E-state index in [0.29, 0.717) is 38.1 Å². The maximum atomic E-state index is 12.8. The average molecular weight is 447 g/mol.